The lowest BCUT2D eigenvalue weighted by Crippen LogP contribution is -1.84. The maximum absolute atomic E-state index is 9.96. The lowest BCUT2D eigenvalue weighted by Gasteiger charge is -1.63. The van der Waals surface area contributed by atoms with Crippen LogP contribution in [-0.4, -0.2) is 16.4 Å². The van der Waals surface area contributed by atoms with Crippen molar-refractivity contribution < 1.29 is 23.8 Å². The van der Waals surface area contributed by atoms with Gasteiger partial charge in [0.05, 0.1) is 0 Å². The highest BCUT2D eigenvalue weighted by Crippen LogP contribution is 1.87. The van der Waals surface area contributed by atoms with Crippen LogP contribution in [0, 0.1) is 19.3 Å². The molecular formula is C8H10O6. The zero-order valence-corrected chi connectivity index (χ0v) is 7.68. The van der Waals surface area contributed by atoms with Crippen LogP contribution < -0.4 is 5.82 Å². The van der Waals surface area contributed by atoms with Crippen LogP contribution in [0.25, 0.3) is 0 Å². The Morgan fingerprint density at radius 1 is 1.57 bits per heavy atom. The molecule has 0 saturated heterocycles. The summed E-state index contributed by atoms with van der Waals surface area (Å²) >= 11 is 0. The van der Waals surface area contributed by atoms with E-state index in [1.165, 1.54) is 6.26 Å². The fourth-order valence-electron chi connectivity index (χ4n) is 0.311. The van der Waals surface area contributed by atoms with Gasteiger partial charge < -0.3 is 19.0 Å². The Bertz CT molecular complexity index is 335. The number of hydrogen-bond donors (Lipinski definition) is 2. The molecule has 0 aliphatic heterocycles. The van der Waals surface area contributed by atoms with Gasteiger partial charge in [0.1, 0.15) is 12.0 Å². The summed E-state index contributed by atoms with van der Waals surface area (Å²) < 4.78 is 8.60. The molecule has 0 bridgehead atoms. The molecule has 1 heterocycles. The minimum Gasteiger partial charge on any atom is -0.450 e. The highest BCUT2D eigenvalue weighted by molar-refractivity contribution is 5.53. The van der Waals surface area contributed by atoms with Gasteiger partial charge in [-0.05, 0) is 13.8 Å². The number of carbonyl (C=O) groups is 1. The average molecular weight is 202 g/mol. The van der Waals surface area contributed by atoms with Crippen LogP contribution >= 0.6 is 0 Å². The quantitative estimate of drug-likeness (QED) is 0.616. The van der Waals surface area contributed by atoms with Crippen molar-refractivity contribution in [2.75, 3.05) is 0 Å². The topological polar surface area (TPSA) is 101 Å². The molecule has 0 spiro atoms. The predicted octanol–water partition coefficient (Wildman–Crippen LogP) is 1.40. The van der Waals surface area contributed by atoms with E-state index in [0.717, 1.165) is 0 Å². The molecule has 0 aromatic carbocycles. The Labute approximate surface area is 79.8 Å². The van der Waals surface area contributed by atoms with E-state index in [1.54, 1.807) is 13.8 Å². The Kier molecular flexibility index (Phi) is 9.17. The van der Waals surface area contributed by atoms with Gasteiger partial charge in [0.25, 0.3) is 0 Å². The second-order valence-electron chi connectivity index (χ2n) is 1.77. The third-order valence-electron chi connectivity index (χ3n) is 0.565. The van der Waals surface area contributed by atoms with Crippen molar-refractivity contribution in [1.82, 2.24) is 0 Å². The Hall–Kier alpha value is -2.16. The van der Waals surface area contributed by atoms with Gasteiger partial charge in [-0.15, -0.1) is 12.3 Å². The third kappa shape index (κ3) is 16.4. The van der Waals surface area contributed by atoms with Crippen LogP contribution in [0.2, 0.25) is 0 Å². The molecule has 1 aromatic heterocycles. The highest BCUT2D eigenvalue weighted by atomic mass is 16.6. The summed E-state index contributed by atoms with van der Waals surface area (Å²) in [5.41, 5.74) is 0. The zero-order chi connectivity index (χ0) is 11.6. The first-order valence-corrected chi connectivity index (χ1v) is 3.28. The molecule has 0 aliphatic rings. The van der Waals surface area contributed by atoms with Gasteiger partial charge in [-0.1, -0.05) is 0 Å². The van der Waals surface area contributed by atoms with E-state index < -0.39 is 12.0 Å². The molecule has 0 unspecified atom stereocenters. The summed E-state index contributed by atoms with van der Waals surface area (Å²) in [4.78, 5) is 18.5. The highest BCUT2D eigenvalue weighted by Gasteiger charge is 1.88. The monoisotopic (exact) mass is 202 g/mol. The van der Waals surface area contributed by atoms with Crippen LogP contribution in [0.15, 0.2) is 19.9 Å². The summed E-state index contributed by atoms with van der Waals surface area (Å²) in [5, 5.41) is 13.9. The SMILES string of the molecule is C#CC.Cc1coc(=O)o1.O=C(O)O. The fourth-order valence-corrected chi connectivity index (χ4v) is 0.311. The standard InChI is InChI=1S/C4H4O3.C3H4.CH2O3/c1-3-2-6-4(5)7-3;1-3-2;2-1(3)4/h2H,1H3;1H,2H3;(H2,2,3,4). The van der Waals surface area contributed by atoms with Crippen molar-refractivity contribution in [3.8, 4) is 12.3 Å². The third-order valence-corrected chi connectivity index (χ3v) is 0.565. The normalized spacial score (nSPS) is 6.93. The summed E-state index contributed by atoms with van der Waals surface area (Å²) in [5.74, 6) is 2.11. The first-order chi connectivity index (χ1) is 6.43. The van der Waals surface area contributed by atoms with E-state index in [0.29, 0.717) is 5.76 Å². The number of aryl methyl sites for hydroxylation is 1. The Morgan fingerprint density at radius 2 is 1.93 bits per heavy atom. The van der Waals surface area contributed by atoms with Gasteiger partial charge in [0.2, 0.25) is 0 Å². The minimum atomic E-state index is -1.83. The summed E-state index contributed by atoms with van der Waals surface area (Å²) in [6, 6.07) is 0. The number of rotatable bonds is 0. The van der Waals surface area contributed by atoms with Crippen molar-refractivity contribution in [1.29, 1.82) is 0 Å². The van der Waals surface area contributed by atoms with Gasteiger partial charge >= 0.3 is 12.0 Å². The second-order valence-corrected chi connectivity index (χ2v) is 1.77. The molecule has 1 rings (SSSR count). The van der Waals surface area contributed by atoms with Crippen molar-refractivity contribution in [3.63, 3.8) is 0 Å². The van der Waals surface area contributed by atoms with Crippen LogP contribution in [0.1, 0.15) is 12.7 Å². The lowest BCUT2D eigenvalue weighted by atomic mass is 10.6. The molecule has 6 nitrogen and oxygen atoms in total. The maximum Gasteiger partial charge on any atom is 0.518 e. The lowest BCUT2D eigenvalue weighted by molar-refractivity contribution is 0.137. The number of hydrogen-bond acceptors (Lipinski definition) is 4. The maximum atomic E-state index is 9.96. The van der Waals surface area contributed by atoms with Crippen LogP contribution in [0.4, 0.5) is 4.79 Å². The smallest absolute Gasteiger partial charge is 0.450 e. The van der Waals surface area contributed by atoms with E-state index in [2.05, 4.69) is 21.2 Å². The van der Waals surface area contributed by atoms with Crippen LogP contribution in [-0.2, 0) is 0 Å². The summed E-state index contributed by atoms with van der Waals surface area (Å²) in [6.07, 6.45) is 4.03. The zero-order valence-electron chi connectivity index (χ0n) is 7.68. The van der Waals surface area contributed by atoms with Crippen molar-refractivity contribution in [3.05, 3.63) is 22.6 Å². The number of terminal acetylenes is 1. The van der Waals surface area contributed by atoms with Crippen molar-refractivity contribution in [2.24, 2.45) is 0 Å². The van der Waals surface area contributed by atoms with Crippen LogP contribution in [0.5, 0.6) is 0 Å². The molecular weight excluding hydrogens is 192 g/mol. The van der Waals surface area contributed by atoms with Gasteiger partial charge in [-0.25, -0.2) is 9.59 Å². The van der Waals surface area contributed by atoms with Crippen LogP contribution in [0.3, 0.4) is 0 Å². The molecule has 0 radical (unpaired) electrons. The molecule has 78 valence electrons. The molecule has 0 saturated carbocycles. The Morgan fingerprint density at radius 3 is 2.00 bits per heavy atom. The van der Waals surface area contributed by atoms with E-state index in [4.69, 9.17) is 15.0 Å². The first-order valence-electron chi connectivity index (χ1n) is 3.28. The molecule has 6 heteroatoms. The van der Waals surface area contributed by atoms with Gasteiger partial charge in [0.15, 0.2) is 0 Å². The second kappa shape index (κ2) is 8.93. The van der Waals surface area contributed by atoms with E-state index in [1.807, 2.05) is 0 Å². The van der Waals surface area contributed by atoms with E-state index in [9.17, 15) is 4.79 Å². The first kappa shape index (κ1) is 14.4. The minimum absolute atomic E-state index is 0.505. The summed E-state index contributed by atoms with van der Waals surface area (Å²) in [7, 11) is 0. The van der Waals surface area contributed by atoms with Crippen molar-refractivity contribution >= 4 is 6.16 Å². The fraction of sp³-hybridized carbons (Fsp3) is 0.250. The van der Waals surface area contributed by atoms with Gasteiger partial charge in [-0.2, -0.15) is 0 Å². The molecule has 1 aromatic rings. The summed E-state index contributed by atoms with van der Waals surface area (Å²) in [6.45, 7) is 3.30. The van der Waals surface area contributed by atoms with E-state index >= 15 is 0 Å². The predicted molar refractivity (Wildman–Crippen MR) is 47.1 cm³/mol. The molecule has 0 fully saturated rings. The molecule has 0 aliphatic carbocycles. The van der Waals surface area contributed by atoms with Gasteiger partial charge in [-0.3, -0.25) is 0 Å². The van der Waals surface area contributed by atoms with Gasteiger partial charge in [0, 0.05) is 0 Å². The molecule has 2 N–H and O–H groups in total. The van der Waals surface area contributed by atoms with Crippen molar-refractivity contribution in [2.45, 2.75) is 13.8 Å². The molecule has 0 amide bonds. The number of carboxylic acid groups (broad SMARTS) is 2. The Balaban J connectivity index is 0. The molecule has 14 heavy (non-hydrogen) atoms. The van der Waals surface area contributed by atoms with E-state index in [-0.39, 0.29) is 0 Å². The average Bonchev–Trinajstić information content (AvgIpc) is 2.34. The largest absolute Gasteiger partial charge is 0.518 e. The molecule has 0 atom stereocenters.